The quantitative estimate of drug-likeness (QED) is 0.587. The third-order valence-electron chi connectivity index (χ3n) is 3.03. The molecule has 0 atom stereocenters. The Hall–Kier alpha value is -1.62. The zero-order chi connectivity index (χ0) is 17.6. The van der Waals surface area contributed by atoms with E-state index >= 15 is 0 Å². The summed E-state index contributed by atoms with van der Waals surface area (Å²) < 4.78 is 6.83. The van der Waals surface area contributed by atoms with Gasteiger partial charge in [0.05, 0.1) is 18.6 Å². The van der Waals surface area contributed by atoms with Gasteiger partial charge in [-0.3, -0.25) is 4.79 Å². The van der Waals surface area contributed by atoms with Crippen molar-refractivity contribution in [3.05, 3.63) is 29.6 Å². The molecule has 3 rings (SSSR count). The van der Waals surface area contributed by atoms with E-state index in [2.05, 4.69) is 20.5 Å². The van der Waals surface area contributed by atoms with Gasteiger partial charge in [-0.25, -0.2) is 4.98 Å². The lowest BCUT2D eigenvalue weighted by Gasteiger charge is -2.01. The molecule has 1 aromatic carbocycles. The molecule has 25 heavy (non-hydrogen) atoms. The number of carbonyl (C=O) groups is 1. The summed E-state index contributed by atoms with van der Waals surface area (Å²) in [6, 6.07) is 7.64. The predicted molar refractivity (Wildman–Crippen MR) is 105 cm³/mol. The Morgan fingerprint density at radius 1 is 1.24 bits per heavy atom. The van der Waals surface area contributed by atoms with Gasteiger partial charge in [-0.15, -0.1) is 21.5 Å². The topological polar surface area (TPSA) is 77.0 Å². The van der Waals surface area contributed by atoms with E-state index in [9.17, 15) is 4.79 Å². The number of aromatic nitrogens is 3. The summed E-state index contributed by atoms with van der Waals surface area (Å²) >= 11 is 5.80. The molecule has 0 aliphatic rings. The predicted octanol–water partition coefficient (Wildman–Crippen LogP) is 4.12. The molecule has 0 aliphatic carbocycles. The third-order valence-corrected chi connectivity index (χ3v) is 6.82. The fourth-order valence-electron chi connectivity index (χ4n) is 1.85. The maximum absolute atomic E-state index is 12.1. The van der Waals surface area contributed by atoms with Crippen LogP contribution in [0, 0.1) is 0 Å². The molecule has 0 saturated heterocycles. The molecule has 10 heteroatoms. The fourth-order valence-corrected chi connectivity index (χ4v) is 4.82. The fraction of sp³-hybridized carbons (Fsp3) is 0.200. The maximum atomic E-state index is 12.1. The van der Waals surface area contributed by atoms with Crippen LogP contribution in [0.2, 0.25) is 0 Å². The van der Waals surface area contributed by atoms with E-state index in [0.717, 1.165) is 25.7 Å². The van der Waals surface area contributed by atoms with E-state index in [0.29, 0.717) is 5.13 Å². The monoisotopic (exact) mass is 410 g/mol. The maximum Gasteiger partial charge on any atom is 0.236 e. The summed E-state index contributed by atoms with van der Waals surface area (Å²) in [6.07, 6.45) is 1.95. The van der Waals surface area contributed by atoms with Crippen molar-refractivity contribution in [2.75, 3.05) is 24.4 Å². The second-order valence-electron chi connectivity index (χ2n) is 4.64. The van der Waals surface area contributed by atoms with Gasteiger partial charge < -0.3 is 10.1 Å². The highest BCUT2D eigenvalue weighted by Gasteiger charge is 2.11. The number of anilines is 1. The molecule has 0 fully saturated rings. The van der Waals surface area contributed by atoms with Crippen LogP contribution in [0.25, 0.3) is 11.3 Å². The molecule has 0 radical (unpaired) electrons. The number of carbonyl (C=O) groups excluding carboxylic acids is 1. The molecule has 6 nitrogen and oxygen atoms in total. The van der Waals surface area contributed by atoms with Crippen molar-refractivity contribution in [2.24, 2.45) is 0 Å². The number of benzene rings is 1. The number of thiazole rings is 1. The van der Waals surface area contributed by atoms with Crippen molar-refractivity contribution in [2.45, 2.75) is 8.68 Å². The number of rotatable bonds is 7. The van der Waals surface area contributed by atoms with Crippen molar-refractivity contribution in [3.8, 4) is 17.0 Å². The van der Waals surface area contributed by atoms with Gasteiger partial charge in [0, 0.05) is 10.9 Å². The number of methoxy groups -OCH3 is 1. The first kappa shape index (κ1) is 18.2. The Morgan fingerprint density at radius 3 is 2.68 bits per heavy atom. The lowest BCUT2D eigenvalue weighted by Crippen LogP contribution is -2.13. The van der Waals surface area contributed by atoms with Crippen LogP contribution in [-0.4, -0.2) is 40.2 Å². The van der Waals surface area contributed by atoms with Crippen LogP contribution in [0.4, 0.5) is 5.13 Å². The van der Waals surface area contributed by atoms with Crippen LogP contribution in [-0.2, 0) is 4.79 Å². The van der Waals surface area contributed by atoms with Crippen LogP contribution in [0.5, 0.6) is 5.75 Å². The minimum absolute atomic E-state index is 0.110. The van der Waals surface area contributed by atoms with E-state index in [1.807, 2.05) is 35.9 Å². The highest BCUT2D eigenvalue weighted by Crippen LogP contribution is 2.28. The zero-order valence-corrected chi connectivity index (χ0v) is 16.7. The second-order valence-corrected chi connectivity index (χ2v) is 8.75. The Kier molecular flexibility index (Phi) is 6.29. The van der Waals surface area contributed by atoms with Crippen LogP contribution < -0.4 is 10.1 Å². The van der Waals surface area contributed by atoms with Crippen molar-refractivity contribution in [1.82, 2.24) is 15.2 Å². The Balaban J connectivity index is 1.55. The molecule has 3 aromatic rings. The highest BCUT2D eigenvalue weighted by atomic mass is 32.2. The summed E-state index contributed by atoms with van der Waals surface area (Å²) in [4.78, 5) is 16.5. The molecule has 1 N–H and O–H groups in total. The molecular formula is C15H14N4O2S4. The lowest BCUT2D eigenvalue weighted by atomic mass is 10.2. The Labute approximate surface area is 161 Å². The van der Waals surface area contributed by atoms with Gasteiger partial charge in [0.25, 0.3) is 0 Å². The van der Waals surface area contributed by atoms with Crippen molar-refractivity contribution in [3.63, 3.8) is 0 Å². The molecule has 0 aliphatic heterocycles. The summed E-state index contributed by atoms with van der Waals surface area (Å²) in [5.41, 5.74) is 1.80. The number of nitrogens with zero attached hydrogens (tertiary/aromatic N) is 3. The second kappa shape index (κ2) is 8.65. The molecule has 0 spiro atoms. The minimum atomic E-state index is -0.110. The Bertz CT molecular complexity index is 847. The highest BCUT2D eigenvalue weighted by molar-refractivity contribution is 8.03. The van der Waals surface area contributed by atoms with Gasteiger partial charge in [-0.1, -0.05) is 34.9 Å². The normalized spacial score (nSPS) is 10.6. The van der Waals surface area contributed by atoms with Gasteiger partial charge >= 0.3 is 0 Å². The van der Waals surface area contributed by atoms with E-state index < -0.39 is 0 Å². The van der Waals surface area contributed by atoms with Crippen molar-refractivity contribution >= 4 is 57.2 Å². The number of ether oxygens (including phenoxy) is 1. The third kappa shape index (κ3) is 4.94. The first-order valence-corrected chi connectivity index (χ1v) is 11.0. The van der Waals surface area contributed by atoms with Crippen LogP contribution in [0.1, 0.15) is 0 Å². The van der Waals surface area contributed by atoms with E-state index in [1.54, 1.807) is 18.9 Å². The van der Waals surface area contributed by atoms with Gasteiger partial charge in [-0.2, -0.15) is 0 Å². The van der Waals surface area contributed by atoms with E-state index in [-0.39, 0.29) is 11.7 Å². The van der Waals surface area contributed by atoms with Gasteiger partial charge in [0.2, 0.25) is 5.91 Å². The minimum Gasteiger partial charge on any atom is -0.497 e. The molecule has 2 heterocycles. The molecule has 0 bridgehead atoms. The molecular weight excluding hydrogens is 396 g/mol. The van der Waals surface area contributed by atoms with Gasteiger partial charge in [0.1, 0.15) is 5.75 Å². The summed E-state index contributed by atoms with van der Waals surface area (Å²) in [7, 11) is 1.63. The summed E-state index contributed by atoms with van der Waals surface area (Å²) in [5, 5.41) is 13.4. The molecule has 1 amide bonds. The van der Waals surface area contributed by atoms with Gasteiger partial charge in [0.15, 0.2) is 13.8 Å². The molecule has 0 unspecified atom stereocenters. The first-order valence-electron chi connectivity index (χ1n) is 7.08. The smallest absolute Gasteiger partial charge is 0.236 e. The summed E-state index contributed by atoms with van der Waals surface area (Å²) in [5.74, 6) is 0.966. The number of hydrogen-bond donors (Lipinski definition) is 1. The lowest BCUT2D eigenvalue weighted by molar-refractivity contribution is -0.113. The Morgan fingerprint density at radius 2 is 2.00 bits per heavy atom. The van der Waals surface area contributed by atoms with Crippen LogP contribution >= 0.6 is 46.2 Å². The summed E-state index contributed by atoms with van der Waals surface area (Å²) in [6.45, 7) is 0. The zero-order valence-electron chi connectivity index (χ0n) is 13.4. The molecule has 130 valence electrons. The first-order chi connectivity index (χ1) is 12.2. The average Bonchev–Trinajstić information content (AvgIpc) is 3.29. The number of nitrogens with one attached hydrogen (secondary N) is 1. The number of hydrogen-bond acceptors (Lipinski definition) is 9. The van der Waals surface area contributed by atoms with E-state index in [1.165, 1.54) is 34.4 Å². The number of thioether (sulfide) groups is 2. The van der Waals surface area contributed by atoms with Crippen molar-refractivity contribution < 1.29 is 9.53 Å². The molecule has 0 saturated carbocycles. The largest absolute Gasteiger partial charge is 0.497 e. The standard InChI is InChI=1S/C15H14N4O2S4/c1-21-10-5-3-9(4-6-10)11-7-23-13(16-11)17-12(20)8-24-15-19-18-14(22-2)25-15/h3-7H,8H2,1-2H3,(H,16,17,20). The van der Waals surface area contributed by atoms with Crippen LogP contribution in [0.15, 0.2) is 38.3 Å². The van der Waals surface area contributed by atoms with Gasteiger partial charge in [-0.05, 0) is 30.5 Å². The average molecular weight is 411 g/mol. The molecule has 2 aromatic heterocycles. The number of amides is 1. The van der Waals surface area contributed by atoms with E-state index in [4.69, 9.17) is 4.74 Å². The SMILES string of the molecule is COc1ccc(-c2csc(NC(=O)CSc3nnc(SC)s3)n2)cc1. The van der Waals surface area contributed by atoms with Crippen molar-refractivity contribution in [1.29, 1.82) is 0 Å². The van der Waals surface area contributed by atoms with Crippen LogP contribution in [0.3, 0.4) is 0 Å².